The molecule has 0 atom stereocenters. The smallest absolute Gasteiger partial charge is 0.287 e. The molecule has 218 valence electrons. The summed E-state index contributed by atoms with van der Waals surface area (Å²) in [4.78, 5) is 28.0. The second-order valence-electron chi connectivity index (χ2n) is 10.0. The number of hydrazone groups is 1. The Morgan fingerprint density at radius 1 is 0.795 bits per heavy atom. The minimum Gasteiger partial charge on any atom is -0.507 e. The lowest BCUT2D eigenvalue weighted by Gasteiger charge is -2.12. The van der Waals surface area contributed by atoms with Crippen LogP contribution in [0.3, 0.4) is 0 Å². The molecule has 0 aliphatic rings. The van der Waals surface area contributed by atoms with Gasteiger partial charge in [0.2, 0.25) is 0 Å². The van der Waals surface area contributed by atoms with Crippen LogP contribution in [0.25, 0.3) is 16.8 Å². The molecule has 5 aromatic rings. The van der Waals surface area contributed by atoms with E-state index in [1.165, 1.54) is 12.3 Å². The number of azo groups is 1. The van der Waals surface area contributed by atoms with Crippen LogP contribution in [-0.2, 0) is 4.79 Å². The zero-order valence-electron chi connectivity index (χ0n) is 24.2. The van der Waals surface area contributed by atoms with Crippen molar-refractivity contribution in [2.24, 2.45) is 15.3 Å². The number of nitrogens with one attached hydrogen (secondary N) is 2. The quantitative estimate of drug-likeness (QED) is 0.0754. The molecule has 9 nitrogen and oxygen atoms in total. The molecule has 5 aromatic carbocycles. The molecule has 0 radical (unpaired) electrons. The molecule has 0 saturated carbocycles. The van der Waals surface area contributed by atoms with Gasteiger partial charge in [0.15, 0.2) is 0 Å². The fourth-order valence-corrected chi connectivity index (χ4v) is 4.31. The first-order valence-corrected chi connectivity index (χ1v) is 13.8. The molecule has 44 heavy (non-hydrogen) atoms. The van der Waals surface area contributed by atoms with Gasteiger partial charge in [-0.3, -0.25) is 9.59 Å². The number of hydrogen-bond acceptors (Lipinski definition) is 7. The second kappa shape index (κ2) is 13.7. The van der Waals surface area contributed by atoms with E-state index in [4.69, 9.17) is 0 Å². The molecule has 0 spiro atoms. The molecule has 9 heteroatoms. The topological polar surface area (TPSA) is 119 Å². The van der Waals surface area contributed by atoms with Gasteiger partial charge in [0, 0.05) is 36.3 Å². The van der Waals surface area contributed by atoms with Crippen LogP contribution < -0.4 is 15.6 Å². The summed E-state index contributed by atoms with van der Waals surface area (Å²) in [6.07, 6.45) is 2.86. The largest absolute Gasteiger partial charge is 0.507 e. The Labute approximate surface area is 254 Å². The molecule has 3 N–H and O–H groups in total. The van der Waals surface area contributed by atoms with Crippen LogP contribution in [0.15, 0.2) is 136 Å². The summed E-state index contributed by atoms with van der Waals surface area (Å²) < 4.78 is 0. The van der Waals surface area contributed by atoms with Gasteiger partial charge in [0.1, 0.15) is 11.4 Å². The summed E-state index contributed by atoms with van der Waals surface area (Å²) >= 11 is 0. The zero-order valence-corrected chi connectivity index (χ0v) is 24.2. The number of hydrogen-bond donors (Lipinski definition) is 3. The summed E-state index contributed by atoms with van der Waals surface area (Å²) in [5.74, 6) is -1.14. The Morgan fingerprint density at radius 2 is 1.52 bits per heavy atom. The summed E-state index contributed by atoms with van der Waals surface area (Å²) in [5.41, 5.74) is 6.05. The molecule has 0 unspecified atom stereocenters. The molecule has 5 rings (SSSR count). The predicted octanol–water partition coefficient (Wildman–Crippen LogP) is 6.95. The first-order chi connectivity index (χ1) is 21.4. The number of phenolic OH excluding ortho intramolecular Hbond substituents is 1. The van der Waals surface area contributed by atoms with E-state index in [2.05, 4.69) is 26.1 Å². The first kappa shape index (κ1) is 29.4. The number of fused-ring (bicyclic) bond motifs is 1. The number of anilines is 1. The van der Waals surface area contributed by atoms with Gasteiger partial charge in [-0.1, -0.05) is 66.7 Å². The van der Waals surface area contributed by atoms with Crippen molar-refractivity contribution in [2.75, 3.05) is 19.0 Å². The number of phenols is 1. The van der Waals surface area contributed by atoms with Crippen molar-refractivity contribution in [1.82, 2.24) is 10.7 Å². The minimum atomic E-state index is -0.645. The van der Waals surface area contributed by atoms with Crippen molar-refractivity contribution >= 4 is 51.9 Å². The summed E-state index contributed by atoms with van der Waals surface area (Å²) in [7, 11) is 3.87. The Balaban J connectivity index is 1.34. The SMILES string of the molecule is CN(C)c1ccc(/C=C(\NC(=O)c2ccccc2)C(=O)N/N=C\c2cc(N=Nc3cccc4ccccc34)ccc2O)cc1. The average Bonchev–Trinajstić information content (AvgIpc) is 3.05. The van der Waals surface area contributed by atoms with Crippen LogP contribution in [0.5, 0.6) is 5.75 Å². The number of aromatic hydroxyl groups is 1. The molecule has 0 aliphatic carbocycles. The van der Waals surface area contributed by atoms with Gasteiger partial charge in [-0.05, 0) is 65.6 Å². The van der Waals surface area contributed by atoms with Crippen molar-refractivity contribution < 1.29 is 14.7 Å². The van der Waals surface area contributed by atoms with E-state index in [0.717, 1.165) is 16.5 Å². The van der Waals surface area contributed by atoms with Crippen molar-refractivity contribution in [2.45, 2.75) is 0 Å². The van der Waals surface area contributed by atoms with Crippen molar-refractivity contribution in [3.63, 3.8) is 0 Å². The highest BCUT2D eigenvalue weighted by molar-refractivity contribution is 6.05. The maximum atomic E-state index is 13.2. The lowest BCUT2D eigenvalue weighted by molar-refractivity contribution is -0.117. The molecule has 0 aromatic heterocycles. The van der Waals surface area contributed by atoms with E-state index in [0.29, 0.717) is 28.1 Å². The van der Waals surface area contributed by atoms with Gasteiger partial charge in [-0.15, -0.1) is 5.11 Å². The predicted molar refractivity (Wildman–Crippen MR) is 175 cm³/mol. The lowest BCUT2D eigenvalue weighted by Crippen LogP contribution is -2.32. The molecular weight excluding hydrogens is 552 g/mol. The Kier molecular flexibility index (Phi) is 9.17. The molecule has 0 aliphatic heterocycles. The summed E-state index contributed by atoms with van der Waals surface area (Å²) in [5, 5.41) is 27.8. The molecule has 2 amide bonds. The van der Waals surface area contributed by atoms with E-state index in [1.807, 2.05) is 85.7 Å². The van der Waals surface area contributed by atoms with Crippen LogP contribution in [-0.4, -0.2) is 37.2 Å². The summed E-state index contributed by atoms with van der Waals surface area (Å²) in [6, 6.07) is 34.5. The van der Waals surface area contributed by atoms with E-state index < -0.39 is 11.8 Å². The maximum absolute atomic E-state index is 13.2. The van der Waals surface area contributed by atoms with E-state index >= 15 is 0 Å². The normalized spacial score (nSPS) is 11.6. The van der Waals surface area contributed by atoms with Gasteiger partial charge < -0.3 is 15.3 Å². The van der Waals surface area contributed by atoms with Crippen molar-refractivity contribution in [3.05, 3.63) is 138 Å². The van der Waals surface area contributed by atoms with Crippen LogP contribution in [0, 0.1) is 0 Å². The van der Waals surface area contributed by atoms with Crippen molar-refractivity contribution in [1.29, 1.82) is 0 Å². The van der Waals surface area contributed by atoms with Crippen LogP contribution in [0.4, 0.5) is 17.1 Å². The van der Waals surface area contributed by atoms with E-state index in [9.17, 15) is 14.7 Å². The minimum absolute atomic E-state index is 0.00420. The highest BCUT2D eigenvalue weighted by Gasteiger charge is 2.14. The average molecular weight is 583 g/mol. The second-order valence-corrected chi connectivity index (χ2v) is 10.0. The van der Waals surface area contributed by atoms with E-state index in [-0.39, 0.29) is 11.4 Å². The van der Waals surface area contributed by atoms with Crippen LogP contribution in [0.1, 0.15) is 21.5 Å². The lowest BCUT2D eigenvalue weighted by atomic mass is 10.1. The van der Waals surface area contributed by atoms with Crippen LogP contribution in [0.2, 0.25) is 0 Å². The highest BCUT2D eigenvalue weighted by atomic mass is 16.3. The molecule has 0 saturated heterocycles. The molecule has 0 heterocycles. The number of carbonyl (C=O) groups is 2. The standard InChI is InChI=1S/C35H30N6O3/c1-41(2)29-18-15-24(16-19-29)21-32(37-34(43)26-10-4-3-5-11-26)35(44)40-36-23-27-22-28(17-20-33(27)42)38-39-31-14-8-12-25-9-6-7-13-30(25)31/h3-23,42H,1-2H3,(H,37,43)(H,40,44)/b32-21-,36-23-,39-38?. The highest BCUT2D eigenvalue weighted by Crippen LogP contribution is 2.29. The number of rotatable bonds is 9. The fourth-order valence-electron chi connectivity index (χ4n) is 4.31. The number of nitrogens with zero attached hydrogens (tertiary/aromatic N) is 4. The first-order valence-electron chi connectivity index (χ1n) is 13.8. The zero-order chi connectivity index (χ0) is 30.9. The molecule has 0 fully saturated rings. The molecule has 0 bridgehead atoms. The van der Waals surface area contributed by atoms with Crippen molar-refractivity contribution in [3.8, 4) is 5.75 Å². The Morgan fingerprint density at radius 3 is 2.30 bits per heavy atom. The maximum Gasteiger partial charge on any atom is 0.287 e. The van der Waals surface area contributed by atoms with Crippen LogP contribution >= 0.6 is 0 Å². The number of carbonyl (C=O) groups excluding carboxylic acids is 2. The number of amides is 2. The fraction of sp³-hybridized carbons (Fsp3) is 0.0571. The van der Waals surface area contributed by atoms with Gasteiger partial charge in [-0.2, -0.15) is 10.2 Å². The van der Waals surface area contributed by atoms with Gasteiger partial charge in [0.05, 0.1) is 17.6 Å². The van der Waals surface area contributed by atoms with Gasteiger partial charge in [0.25, 0.3) is 11.8 Å². The Bertz CT molecular complexity index is 1880. The van der Waals surface area contributed by atoms with Gasteiger partial charge in [-0.25, -0.2) is 5.43 Å². The molecular formula is C35H30N6O3. The number of benzene rings is 5. The van der Waals surface area contributed by atoms with Gasteiger partial charge >= 0.3 is 0 Å². The summed E-state index contributed by atoms with van der Waals surface area (Å²) in [6.45, 7) is 0. The third kappa shape index (κ3) is 7.40. The Hall–Kier alpha value is -6.09. The van der Waals surface area contributed by atoms with E-state index in [1.54, 1.807) is 48.5 Å². The monoisotopic (exact) mass is 582 g/mol. The third-order valence-corrected chi connectivity index (χ3v) is 6.67. The third-order valence-electron chi connectivity index (χ3n) is 6.67.